The molecule has 8 heavy (non-hydrogen) atoms. The predicted octanol–water partition coefficient (Wildman–Crippen LogP) is -1.33. The van der Waals surface area contributed by atoms with Gasteiger partial charge in [0.1, 0.15) is 0 Å². The van der Waals surface area contributed by atoms with Gasteiger partial charge < -0.3 is 0 Å². The van der Waals surface area contributed by atoms with E-state index in [1.165, 1.54) is 0 Å². The topological polar surface area (TPSA) is 12.9 Å². The van der Waals surface area contributed by atoms with Crippen LogP contribution in [0.3, 0.4) is 0 Å². The van der Waals surface area contributed by atoms with Crippen LogP contribution < -0.4 is 8.83 Å². The Morgan fingerprint density at radius 3 is 2.38 bits per heavy atom. The molecule has 0 amide bonds. The first kappa shape index (κ1) is 6.39. The van der Waals surface area contributed by atoms with Gasteiger partial charge in [-0.25, -0.2) is 0 Å². The van der Waals surface area contributed by atoms with Gasteiger partial charge in [-0.15, -0.1) is 0 Å². The van der Waals surface area contributed by atoms with E-state index in [9.17, 15) is 0 Å². The maximum absolute atomic E-state index is 4.04. The molecular formula is C5H3As2N. The van der Waals surface area contributed by atoms with Crippen LogP contribution in [-0.4, -0.2) is 38.7 Å². The van der Waals surface area contributed by atoms with Gasteiger partial charge in [0.2, 0.25) is 0 Å². The van der Waals surface area contributed by atoms with E-state index in [0.717, 1.165) is 8.83 Å². The third-order valence-corrected chi connectivity index (χ3v) is 1.84. The SMILES string of the molecule is [As]c1ccc([As])nc1. The summed E-state index contributed by atoms with van der Waals surface area (Å²) in [5.41, 5.74) is 0. The minimum absolute atomic E-state index is 1.01. The molecule has 1 aromatic heterocycles. The Hall–Kier alpha value is 0.267. The average molecular weight is 227 g/mol. The second-order valence-electron chi connectivity index (χ2n) is 1.37. The molecule has 1 nitrogen and oxygen atoms in total. The number of pyridine rings is 1. The summed E-state index contributed by atoms with van der Waals surface area (Å²) < 4.78 is 2.15. The van der Waals surface area contributed by atoms with E-state index in [-0.39, 0.29) is 0 Å². The molecule has 0 spiro atoms. The van der Waals surface area contributed by atoms with Crippen LogP contribution >= 0.6 is 0 Å². The normalized spacial score (nSPS) is 9.25. The Labute approximate surface area is 65.9 Å². The van der Waals surface area contributed by atoms with Crippen molar-refractivity contribution in [3.05, 3.63) is 18.3 Å². The summed E-state index contributed by atoms with van der Waals surface area (Å²) in [7, 11) is 0. The van der Waals surface area contributed by atoms with E-state index in [0.29, 0.717) is 0 Å². The molecule has 0 bridgehead atoms. The second-order valence-corrected chi connectivity index (χ2v) is 3.42. The Balaban J connectivity index is 3.03. The summed E-state index contributed by atoms with van der Waals surface area (Å²) >= 11 is 4.84. The van der Waals surface area contributed by atoms with Gasteiger partial charge >= 0.3 is 65.9 Å². The van der Waals surface area contributed by atoms with Gasteiger partial charge in [0, 0.05) is 0 Å². The fourth-order valence-electron chi connectivity index (χ4n) is 0.378. The van der Waals surface area contributed by atoms with E-state index >= 15 is 0 Å². The number of hydrogen-bond acceptors (Lipinski definition) is 1. The molecule has 3 heteroatoms. The van der Waals surface area contributed by atoms with Gasteiger partial charge in [0.05, 0.1) is 0 Å². The Morgan fingerprint density at radius 1 is 1.25 bits per heavy atom. The third kappa shape index (κ3) is 1.65. The van der Waals surface area contributed by atoms with Crippen LogP contribution in [-0.2, 0) is 0 Å². The monoisotopic (exact) mass is 227 g/mol. The van der Waals surface area contributed by atoms with Crippen molar-refractivity contribution in [2.45, 2.75) is 0 Å². The van der Waals surface area contributed by atoms with Crippen LogP contribution in [0.1, 0.15) is 0 Å². The molecule has 0 atom stereocenters. The molecule has 4 radical (unpaired) electrons. The molecule has 0 aromatic carbocycles. The summed E-state index contributed by atoms with van der Waals surface area (Å²) in [4.78, 5) is 4.04. The van der Waals surface area contributed by atoms with Crippen molar-refractivity contribution >= 4 is 42.5 Å². The van der Waals surface area contributed by atoms with Gasteiger partial charge in [0.25, 0.3) is 0 Å². The van der Waals surface area contributed by atoms with Gasteiger partial charge in [0.15, 0.2) is 0 Å². The second kappa shape index (κ2) is 2.71. The van der Waals surface area contributed by atoms with Crippen molar-refractivity contribution < 1.29 is 0 Å². The molecule has 1 heterocycles. The van der Waals surface area contributed by atoms with E-state index in [1.807, 2.05) is 18.3 Å². The molecule has 0 unspecified atom stereocenters. The molecule has 1 aromatic rings. The molecular weight excluding hydrogens is 224 g/mol. The predicted molar refractivity (Wildman–Crippen MR) is 35.0 cm³/mol. The van der Waals surface area contributed by atoms with E-state index < -0.39 is 0 Å². The first-order valence-corrected chi connectivity index (χ1v) is 4.00. The first-order valence-electron chi connectivity index (χ1n) is 2.13. The Bertz CT molecular complexity index is 149. The molecule has 0 N–H and O–H groups in total. The summed E-state index contributed by atoms with van der Waals surface area (Å²) in [5, 5.41) is 0. The zero-order chi connectivity index (χ0) is 5.98. The van der Waals surface area contributed by atoms with Crippen molar-refractivity contribution in [3.63, 3.8) is 0 Å². The first-order chi connectivity index (χ1) is 3.79. The van der Waals surface area contributed by atoms with Gasteiger partial charge in [-0.05, 0) is 0 Å². The van der Waals surface area contributed by atoms with Crippen LogP contribution in [0.25, 0.3) is 0 Å². The molecule has 0 aliphatic heterocycles. The zero-order valence-electron chi connectivity index (χ0n) is 4.07. The van der Waals surface area contributed by atoms with Crippen LogP contribution in [0.5, 0.6) is 0 Å². The minimum atomic E-state index is 1.01. The summed E-state index contributed by atoms with van der Waals surface area (Å²) in [5.74, 6) is 0. The van der Waals surface area contributed by atoms with Crippen molar-refractivity contribution in [2.24, 2.45) is 0 Å². The number of rotatable bonds is 0. The third-order valence-electron chi connectivity index (χ3n) is 0.732. The van der Waals surface area contributed by atoms with E-state index in [1.54, 1.807) is 0 Å². The van der Waals surface area contributed by atoms with Crippen LogP contribution in [0.2, 0.25) is 0 Å². The fraction of sp³-hybridized carbons (Fsp3) is 0. The molecule has 0 saturated heterocycles. The molecule has 1 rings (SSSR count). The van der Waals surface area contributed by atoms with E-state index in [2.05, 4.69) is 38.7 Å². The van der Waals surface area contributed by atoms with Crippen molar-refractivity contribution in [2.75, 3.05) is 0 Å². The summed E-state index contributed by atoms with van der Waals surface area (Å²) in [6.07, 6.45) is 1.83. The number of aromatic nitrogens is 1. The zero-order valence-corrected chi connectivity index (χ0v) is 7.83. The van der Waals surface area contributed by atoms with E-state index in [4.69, 9.17) is 0 Å². The molecule has 0 fully saturated rings. The van der Waals surface area contributed by atoms with Crippen molar-refractivity contribution in [3.8, 4) is 0 Å². The van der Waals surface area contributed by atoms with Gasteiger partial charge in [-0.1, -0.05) is 0 Å². The number of nitrogens with zero attached hydrogens (tertiary/aromatic N) is 1. The number of hydrogen-bond donors (Lipinski definition) is 0. The molecule has 38 valence electrons. The molecule has 0 saturated carbocycles. The van der Waals surface area contributed by atoms with Crippen LogP contribution in [0.15, 0.2) is 18.3 Å². The average Bonchev–Trinajstić information content (AvgIpc) is 1.77. The Morgan fingerprint density at radius 2 is 2.00 bits per heavy atom. The summed E-state index contributed by atoms with van der Waals surface area (Å²) in [6, 6.07) is 3.98. The van der Waals surface area contributed by atoms with Crippen LogP contribution in [0, 0.1) is 0 Å². The van der Waals surface area contributed by atoms with Crippen LogP contribution in [0.4, 0.5) is 0 Å². The summed E-state index contributed by atoms with van der Waals surface area (Å²) in [6.45, 7) is 0. The molecule has 0 aliphatic carbocycles. The molecule has 0 aliphatic rings. The fourth-order valence-corrected chi connectivity index (χ4v) is 0.933. The van der Waals surface area contributed by atoms with Crippen molar-refractivity contribution in [1.82, 2.24) is 4.98 Å². The van der Waals surface area contributed by atoms with Gasteiger partial charge in [-0.3, -0.25) is 0 Å². The quantitative estimate of drug-likeness (QED) is 0.500. The maximum atomic E-state index is 4.04. The van der Waals surface area contributed by atoms with Crippen molar-refractivity contribution in [1.29, 1.82) is 0 Å². The standard InChI is InChI=1S/C5H3As2N/c6-4-1-2-5(7)8-3-4/h1-3H. The van der Waals surface area contributed by atoms with Gasteiger partial charge in [-0.2, -0.15) is 0 Å². The Kier molecular flexibility index (Phi) is 2.16.